The average molecular weight is 356 g/mol. The topological polar surface area (TPSA) is 60.7 Å². The van der Waals surface area contributed by atoms with E-state index in [0.29, 0.717) is 0 Å². The Morgan fingerprint density at radius 2 is 1.14 bits per heavy atom. The molecule has 1 radical (unpaired) electrons. The number of hydrogen-bond donors (Lipinski definition) is 3. The van der Waals surface area contributed by atoms with Gasteiger partial charge in [0.15, 0.2) is 0 Å². The van der Waals surface area contributed by atoms with Gasteiger partial charge >= 0.3 is 53.6 Å². The standard InChI is InChI=1S/ClH3O3Si.Eu.Sr.2H/c1-5(2,3)4;;;;/h2-4H;;;;. The molecule has 0 aromatic rings. The Hall–Kier alpha value is 3.45. The quantitative estimate of drug-likeness (QED) is 0.339. The third-order valence-corrected chi connectivity index (χ3v) is 0. The molecule has 0 saturated heterocycles. The van der Waals surface area contributed by atoms with Crippen LogP contribution in [0.5, 0.6) is 0 Å². The Morgan fingerprint density at radius 1 is 1.14 bits per heavy atom. The summed E-state index contributed by atoms with van der Waals surface area (Å²) < 4.78 is 0. The van der Waals surface area contributed by atoms with Crippen LogP contribution in [-0.4, -0.2) is 68.0 Å². The molecule has 3 N–H and O–H groups in total. The molecule has 0 aliphatic carbocycles. The van der Waals surface area contributed by atoms with Crippen molar-refractivity contribution in [1.29, 1.82) is 0 Å². The summed E-state index contributed by atoms with van der Waals surface area (Å²) in [6, 6.07) is 0. The van der Waals surface area contributed by atoms with E-state index in [1.54, 1.807) is 0 Å². The van der Waals surface area contributed by atoms with Crippen LogP contribution in [0.25, 0.3) is 0 Å². The van der Waals surface area contributed by atoms with E-state index < -0.39 is 8.11 Å². The molecule has 0 rings (SSSR count). The van der Waals surface area contributed by atoms with Crippen molar-refractivity contribution in [3.05, 3.63) is 0 Å². The first-order valence-corrected chi connectivity index (χ1v) is 3.71. The van der Waals surface area contributed by atoms with E-state index in [1.807, 2.05) is 0 Å². The summed E-state index contributed by atoms with van der Waals surface area (Å²) in [4.78, 5) is 22.6. The van der Waals surface area contributed by atoms with E-state index in [4.69, 9.17) is 14.4 Å². The van der Waals surface area contributed by atoms with Crippen molar-refractivity contribution >= 4 is 64.7 Å². The Bertz CT molecular complexity index is 30.4. The molecular weight excluding hydrogens is 351 g/mol. The second-order valence-electron chi connectivity index (χ2n) is 0.554. The van der Waals surface area contributed by atoms with E-state index >= 15 is 0 Å². The van der Waals surface area contributed by atoms with Gasteiger partial charge in [-0.3, -0.25) is 0 Å². The van der Waals surface area contributed by atoms with Gasteiger partial charge in [0.1, 0.15) is 0 Å². The zero-order valence-corrected chi connectivity index (χ0v) is 6.78. The fourth-order valence-corrected chi connectivity index (χ4v) is 0. The summed E-state index contributed by atoms with van der Waals surface area (Å²) in [7, 11) is -4.14. The molecule has 43 valence electrons. The molecule has 3 nitrogen and oxygen atoms in total. The van der Waals surface area contributed by atoms with Gasteiger partial charge in [0, 0.05) is 49.4 Å². The second kappa shape index (κ2) is 7.56. The van der Waals surface area contributed by atoms with E-state index in [2.05, 4.69) is 11.1 Å². The van der Waals surface area contributed by atoms with Crippen LogP contribution >= 0.6 is 11.1 Å². The molecule has 0 aliphatic heterocycles. The molecule has 0 aromatic heterocycles. The van der Waals surface area contributed by atoms with Gasteiger partial charge in [-0.1, -0.05) is 11.1 Å². The zero-order valence-electron chi connectivity index (χ0n) is 2.60. The SMILES string of the molecule is O[Si](O)(O)Cl.[Eu].[SrH2]. The molecule has 0 unspecified atom stereocenters. The summed E-state index contributed by atoms with van der Waals surface area (Å²) in [5, 5.41) is 0. The van der Waals surface area contributed by atoms with Crippen LogP contribution in [0.2, 0.25) is 0 Å². The Balaban J connectivity index is -0.0000000800. The first-order chi connectivity index (χ1) is 2.00. The predicted molar refractivity (Wildman–Crippen MR) is 26.8 cm³/mol. The molecule has 0 heterocycles. The molecule has 0 saturated carbocycles. The van der Waals surface area contributed by atoms with Gasteiger partial charge in [0.25, 0.3) is 0 Å². The van der Waals surface area contributed by atoms with Crippen molar-refractivity contribution < 1.29 is 63.8 Å². The van der Waals surface area contributed by atoms with Crippen LogP contribution in [-0.2, 0) is 0 Å². The number of halogens is 1. The Labute approximate surface area is 125 Å². The summed E-state index contributed by atoms with van der Waals surface area (Å²) in [6.07, 6.45) is 0. The molecule has 0 aliphatic rings. The molecular formula is H5ClEuO3SiSr. The minimum atomic E-state index is -4.14. The second-order valence-corrected chi connectivity index (χ2v) is 3.18. The van der Waals surface area contributed by atoms with Gasteiger partial charge in [0.05, 0.1) is 0 Å². The monoisotopic (exact) mass is 357 g/mol. The fourth-order valence-electron chi connectivity index (χ4n) is 0. The average Bonchev–Trinajstić information content (AvgIpc) is 0.722. The van der Waals surface area contributed by atoms with E-state index in [1.165, 1.54) is 0 Å². The van der Waals surface area contributed by atoms with Crippen LogP contribution in [0.1, 0.15) is 0 Å². The van der Waals surface area contributed by atoms with Crippen molar-refractivity contribution in [3.8, 4) is 0 Å². The van der Waals surface area contributed by atoms with Gasteiger partial charge in [-0.25, -0.2) is 0 Å². The molecule has 0 spiro atoms. The summed E-state index contributed by atoms with van der Waals surface area (Å²) >= 11 is 4.34. The first kappa shape index (κ1) is 16.8. The van der Waals surface area contributed by atoms with Gasteiger partial charge in [-0.15, -0.1) is 0 Å². The van der Waals surface area contributed by atoms with Gasteiger partial charge < -0.3 is 14.4 Å². The zero-order chi connectivity index (χ0) is 4.50. The first-order valence-electron chi connectivity index (χ1n) is 0.860. The molecule has 0 aromatic carbocycles. The molecule has 0 atom stereocenters. The molecule has 0 fully saturated rings. The van der Waals surface area contributed by atoms with Crippen LogP contribution in [0, 0.1) is 49.4 Å². The van der Waals surface area contributed by atoms with Crippen molar-refractivity contribution in [2.75, 3.05) is 0 Å². The van der Waals surface area contributed by atoms with Crippen molar-refractivity contribution in [2.45, 2.75) is 0 Å². The van der Waals surface area contributed by atoms with E-state index in [-0.39, 0.29) is 94.9 Å². The summed E-state index contributed by atoms with van der Waals surface area (Å²) in [5.41, 5.74) is 0. The van der Waals surface area contributed by atoms with Crippen LogP contribution in [0.3, 0.4) is 0 Å². The van der Waals surface area contributed by atoms with E-state index in [0.717, 1.165) is 0 Å². The maximum atomic E-state index is 7.54. The number of rotatable bonds is 0. The Morgan fingerprint density at radius 3 is 1.14 bits per heavy atom. The Kier molecular flexibility index (Phi) is 18.2. The summed E-state index contributed by atoms with van der Waals surface area (Å²) in [6.45, 7) is 0. The van der Waals surface area contributed by atoms with Gasteiger partial charge in [-0.05, 0) is 0 Å². The molecule has 7 heteroatoms. The molecule has 7 heavy (non-hydrogen) atoms. The fraction of sp³-hybridized carbons (Fsp3) is 0. The van der Waals surface area contributed by atoms with Crippen molar-refractivity contribution in [1.82, 2.24) is 0 Å². The minimum absolute atomic E-state index is 0. The van der Waals surface area contributed by atoms with Crippen LogP contribution in [0.15, 0.2) is 0 Å². The third-order valence-electron chi connectivity index (χ3n) is 0. The third kappa shape index (κ3) is 44.0. The summed E-state index contributed by atoms with van der Waals surface area (Å²) in [5.74, 6) is 0. The predicted octanol–water partition coefficient (Wildman–Crippen LogP) is -2.28. The maximum absolute atomic E-state index is 7.54. The van der Waals surface area contributed by atoms with Crippen LogP contribution in [0.4, 0.5) is 0 Å². The van der Waals surface area contributed by atoms with E-state index in [9.17, 15) is 0 Å². The van der Waals surface area contributed by atoms with Crippen molar-refractivity contribution in [2.24, 2.45) is 0 Å². The molecule has 0 amide bonds. The van der Waals surface area contributed by atoms with Crippen LogP contribution < -0.4 is 0 Å². The molecule has 0 bridgehead atoms. The number of hydrogen-bond acceptors (Lipinski definition) is 3. The normalized spacial score (nSPS) is 8.57. The van der Waals surface area contributed by atoms with Gasteiger partial charge in [0.2, 0.25) is 0 Å². The van der Waals surface area contributed by atoms with Gasteiger partial charge in [-0.2, -0.15) is 0 Å². The van der Waals surface area contributed by atoms with Crippen molar-refractivity contribution in [3.63, 3.8) is 0 Å².